The second-order valence-corrected chi connectivity index (χ2v) is 4.93. The van der Waals surface area contributed by atoms with Crippen LogP contribution in [0.4, 0.5) is 0 Å². The molecule has 0 aromatic carbocycles. The summed E-state index contributed by atoms with van der Waals surface area (Å²) < 4.78 is 0. The molecular weight excluding hydrogens is 498 g/mol. The number of rotatable bonds is 3. The number of carbonyl (C=O) groups excluding carboxylic acids is 2. The van der Waals surface area contributed by atoms with Gasteiger partial charge in [0, 0.05) is 39.0 Å². The number of carbonyl (C=O) groups is 2. The molecule has 0 amide bonds. The van der Waals surface area contributed by atoms with Crippen molar-refractivity contribution in [3.8, 4) is 0 Å². The molecule has 4 aliphatic rings. The summed E-state index contributed by atoms with van der Waals surface area (Å²) in [6.45, 7) is 0. The quantitative estimate of drug-likeness (QED) is 0.427. The molecule has 2 nitrogen and oxygen atoms in total. The minimum Gasteiger partial charge on any atom is -0.290 e. The van der Waals surface area contributed by atoms with Crippen molar-refractivity contribution in [3.63, 3.8) is 0 Å². The van der Waals surface area contributed by atoms with Crippen LogP contribution in [0.15, 0.2) is 0 Å². The minimum absolute atomic E-state index is 0. The Bertz CT molecular complexity index is 313. The van der Waals surface area contributed by atoms with Crippen LogP contribution in [0.5, 0.6) is 0 Å². The Hall–Kier alpha value is 0.587. The third kappa shape index (κ3) is 10.2. The van der Waals surface area contributed by atoms with Crippen LogP contribution in [-0.2, 0) is 48.5 Å². The van der Waals surface area contributed by atoms with E-state index < -0.39 is 11.6 Å². The largest absolute Gasteiger partial charge is 0.290 e. The van der Waals surface area contributed by atoms with Crippen molar-refractivity contribution in [1.29, 1.82) is 0 Å². The number of hydrogen-bond acceptors (Lipinski definition) is 2. The van der Waals surface area contributed by atoms with Crippen molar-refractivity contribution < 1.29 is 48.5 Å². The normalized spacial score (nSPS) is 22.3. The Balaban J connectivity index is 0.000000432. The second-order valence-electron chi connectivity index (χ2n) is 4.93. The molecule has 134 valence electrons. The summed E-state index contributed by atoms with van der Waals surface area (Å²) in [7, 11) is 0. The van der Waals surface area contributed by atoms with Gasteiger partial charge in [-0.05, 0) is 116 Å². The van der Waals surface area contributed by atoms with Crippen molar-refractivity contribution >= 4 is 11.6 Å². The zero-order valence-corrected chi connectivity index (χ0v) is 17.4. The molecule has 4 heteroatoms. The van der Waals surface area contributed by atoms with Crippen LogP contribution >= 0.6 is 0 Å². The SMILES string of the molecule is O=C([C]1[CH][CH][CH][CH]1)C(=O)[C]1[CH][CH][CH][CH]1.[CH]1[CH][CH][CH][CH]1.[CH]1[CH][CH][CH][CH]1.[Ru].[Ru]. The van der Waals surface area contributed by atoms with Crippen molar-refractivity contribution in [1.82, 2.24) is 0 Å². The molecule has 0 atom stereocenters. The van der Waals surface area contributed by atoms with E-state index in [-0.39, 0.29) is 39.0 Å². The van der Waals surface area contributed by atoms with Crippen molar-refractivity contribution in [3.05, 3.63) is 127 Å². The van der Waals surface area contributed by atoms with Crippen molar-refractivity contribution in [2.45, 2.75) is 0 Å². The van der Waals surface area contributed by atoms with E-state index >= 15 is 0 Å². The van der Waals surface area contributed by atoms with Gasteiger partial charge in [0.25, 0.3) is 0 Å². The molecule has 0 aromatic rings. The molecule has 4 fully saturated rings. The van der Waals surface area contributed by atoms with Crippen LogP contribution in [0.2, 0.25) is 0 Å². The molecule has 4 saturated carbocycles. The number of Topliss-reactive ketones (excluding diaryl/α,β-unsaturated/α-hetero) is 2. The van der Waals surface area contributed by atoms with E-state index in [0.717, 1.165) is 0 Å². The summed E-state index contributed by atoms with van der Waals surface area (Å²) in [6.07, 6.45) is 33.5. The smallest absolute Gasteiger partial charge is 0.206 e. The predicted molar refractivity (Wildman–Crippen MR) is 93.9 cm³/mol. The average molecular weight is 517 g/mol. The summed E-state index contributed by atoms with van der Waals surface area (Å²) in [5.74, 6) is 0.0230. The van der Waals surface area contributed by atoms with Crippen LogP contribution in [0.1, 0.15) is 0 Å². The van der Waals surface area contributed by atoms with Gasteiger partial charge in [0.1, 0.15) is 0 Å². The van der Waals surface area contributed by atoms with E-state index in [1.54, 1.807) is 51.4 Å². The van der Waals surface area contributed by atoms with Crippen LogP contribution in [0.3, 0.4) is 0 Å². The summed E-state index contributed by atoms with van der Waals surface area (Å²) in [6, 6.07) is 0. The molecule has 20 radical (unpaired) electrons. The molecule has 0 aromatic heterocycles. The van der Waals surface area contributed by atoms with Gasteiger partial charge in [0.15, 0.2) is 0 Å². The molecular formula is C22H18O2Ru2. The zero-order chi connectivity index (χ0) is 17.0. The van der Waals surface area contributed by atoms with Gasteiger partial charge in [-0.15, -0.1) is 0 Å². The van der Waals surface area contributed by atoms with Crippen molar-refractivity contribution in [2.75, 3.05) is 0 Å². The van der Waals surface area contributed by atoms with E-state index in [4.69, 9.17) is 0 Å². The first kappa shape index (κ1) is 26.6. The van der Waals surface area contributed by atoms with Gasteiger partial charge < -0.3 is 0 Å². The maximum Gasteiger partial charge on any atom is 0.206 e. The first-order chi connectivity index (χ1) is 11.8. The van der Waals surface area contributed by atoms with Gasteiger partial charge in [-0.25, -0.2) is 0 Å². The summed E-state index contributed by atoms with van der Waals surface area (Å²) in [4.78, 5) is 23.1. The molecule has 0 heterocycles. The maximum atomic E-state index is 11.6. The molecule has 0 unspecified atom stereocenters. The molecule has 0 aliphatic heterocycles. The molecule has 0 spiro atoms. The Morgan fingerprint density at radius 1 is 0.385 bits per heavy atom. The van der Waals surface area contributed by atoms with Gasteiger partial charge in [0.2, 0.25) is 11.6 Å². The van der Waals surface area contributed by atoms with E-state index in [1.165, 1.54) is 0 Å². The van der Waals surface area contributed by atoms with Crippen molar-refractivity contribution in [2.24, 2.45) is 0 Å². The van der Waals surface area contributed by atoms with Gasteiger partial charge in [-0.3, -0.25) is 9.59 Å². The third-order valence-corrected chi connectivity index (χ3v) is 3.17. The minimum atomic E-state index is -0.443. The van der Waals surface area contributed by atoms with Crippen LogP contribution in [0.25, 0.3) is 0 Å². The van der Waals surface area contributed by atoms with Crippen LogP contribution in [0, 0.1) is 127 Å². The Morgan fingerprint density at radius 3 is 0.769 bits per heavy atom. The Labute approximate surface area is 186 Å². The first-order valence-electron chi connectivity index (χ1n) is 7.65. The zero-order valence-electron chi connectivity index (χ0n) is 13.9. The predicted octanol–water partition coefficient (Wildman–Crippen LogP) is 2.97. The second kappa shape index (κ2) is 16.5. The molecule has 0 N–H and O–H groups in total. The van der Waals surface area contributed by atoms with Gasteiger partial charge in [-0.2, -0.15) is 0 Å². The Kier molecular flexibility index (Phi) is 16.9. The summed E-state index contributed by atoms with van der Waals surface area (Å²) in [5, 5.41) is 0. The fourth-order valence-corrected chi connectivity index (χ4v) is 1.95. The van der Waals surface area contributed by atoms with Crippen LogP contribution in [-0.4, -0.2) is 11.6 Å². The van der Waals surface area contributed by atoms with E-state index in [1.807, 2.05) is 64.2 Å². The molecule has 4 aliphatic carbocycles. The number of ketones is 2. The van der Waals surface area contributed by atoms with Gasteiger partial charge in [-0.1, -0.05) is 0 Å². The molecule has 4 rings (SSSR count). The fraction of sp³-hybridized carbons (Fsp3) is 0. The third-order valence-electron chi connectivity index (χ3n) is 3.17. The first-order valence-corrected chi connectivity index (χ1v) is 7.65. The average Bonchev–Trinajstić information content (AvgIpc) is 3.41. The molecule has 0 bridgehead atoms. The summed E-state index contributed by atoms with van der Waals surface area (Å²) in [5.41, 5.74) is 0. The Morgan fingerprint density at radius 2 is 0.577 bits per heavy atom. The molecule has 26 heavy (non-hydrogen) atoms. The molecule has 0 saturated heterocycles. The maximum absolute atomic E-state index is 11.6. The fourth-order valence-electron chi connectivity index (χ4n) is 1.95. The summed E-state index contributed by atoms with van der Waals surface area (Å²) >= 11 is 0. The van der Waals surface area contributed by atoms with Gasteiger partial charge >= 0.3 is 0 Å². The standard InChI is InChI=1S/C12H8O2.2C5H5.2Ru/c13-11(9-5-1-2-6-9)12(14)10-7-3-4-8-10;2*1-2-4-5-3-1;;/h1-8H;2*1-5H;;. The van der Waals surface area contributed by atoms with E-state index in [2.05, 4.69) is 0 Å². The monoisotopic (exact) mass is 518 g/mol. The van der Waals surface area contributed by atoms with E-state index in [0.29, 0.717) is 11.8 Å². The number of hydrogen-bond donors (Lipinski definition) is 0. The van der Waals surface area contributed by atoms with Crippen LogP contribution < -0.4 is 0 Å². The topological polar surface area (TPSA) is 34.1 Å². The van der Waals surface area contributed by atoms with Gasteiger partial charge in [0.05, 0.1) is 11.8 Å². The van der Waals surface area contributed by atoms with E-state index in [9.17, 15) is 9.59 Å².